The molecule has 0 heterocycles. The molecule has 0 spiro atoms. The van der Waals surface area contributed by atoms with Crippen molar-refractivity contribution in [2.24, 2.45) is 23.7 Å². The standard InChI is InChI=1S/C33H42O/c1-8-27-12-14-28(15-13-27)19-30(22(2)3)18-25(6)31-17-24(5)26(7)32(20-31)21-33(34)29-11-9-10-23(4)16-29/h9-16,20,24,26,30,32H,2,6,8,17-19,21H2,1,3-5,7H3/t24-,26+,30+,32?/m1/s1. The van der Waals surface area contributed by atoms with Gasteiger partial charge in [0.05, 0.1) is 0 Å². The normalized spacial score (nSPS) is 21.0. The van der Waals surface area contributed by atoms with Gasteiger partial charge in [0.15, 0.2) is 5.78 Å². The Kier molecular flexibility index (Phi) is 8.89. The molecule has 1 unspecified atom stereocenters. The molecule has 0 saturated heterocycles. The molecule has 2 aromatic rings. The Bertz CT molecular complexity index is 1050. The maximum atomic E-state index is 13.0. The minimum atomic E-state index is 0.242. The lowest BCUT2D eigenvalue weighted by Gasteiger charge is -2.34. The van der Waals surface area contributed by atoms with Gasteiger partial charge in [0.2, 0.25) is 0 Å². The van der Waals surface area contributed by atoms with E-state index in [-0.39, 0.29) is 11.7 Å². The average Bonchev–Trinajstić information content (AvgIpc) is 2.81. The zero-order chi connectivity index (χ0) is 24.8. The van der Waals surface area contributed by atoms with Crippen molar-refractivity contribution in [2.75, 3.05) is 0 Å². The van der Waals surface area contributed by atoms with Crippen molar-refractivity contribution in [3.8, 4) is 0 Å². The molecule has 3 rings (SSSR count). The van der Waals surface area contributed by atoms with Gasteiger partial charge in [0.1, 0.15) is 0 Å². The van der Waals surface area contributed by atoms with Crippen molar-refractivity contribution < 1.29 is 4.79 Å². The van der Waals surface area contributed by atoms with E-state index in [0.29, 0.717) is 24.2 Å². The summed E-state index contributed by atoms with van der Waals surface area (Å²) >= 11 is 0. The summed E-state index contributed by atoms with van der Waals surface area (Å²) in [5.74, 6) is 1.90. The van der Waals surface area contributed by atoms with Gasteiger partial charge in [-0.3, -0.25) is 4.79 Å². The van der Waals surface area contributed by atoms with Gasteiger partial charge in [0, 0.05) is 12.0 Å². The van der Waals surface area contributed by atoms with E-state index >= 15 is 0 Å². The molecule has 34 heavy (non-hydrogen) atoms. The van der Waals surface area contributed by atoms with E-state index in [1.807, 2.05) is 31.2 Å². The van der Waals surface area contributed by atoms with Crippen LogP contribution in [0.5, 0.6) is 0 Å². The van der Waals surface area contributed by atoms with Crippen molar-refractivity contribution in [1.29, 1.82) is 0 Å². The Hall–Kier alpha value is -2.67. The van der Waals surface area contributed by atoms with E-state index < -0.39 is 0 Å². The van der Waals surface area contributed by atoms with Crippen LogP contribution in [0.4, 0.5) is 0 Å². The maximum absolute atomic E-state index is 13.0. The van der Waals surface area contributed by atoms with Crippen LogP contribution < -0.4 is 0 Å². The Morgan fingerprint density at radius 3 is 2.35 bits per heavy atom. The maximum Gasteiger partial charge on any atom is 0.163 e. The molecule has 1 nitrogen and oxygen atoms in total. The minimum Gasteiger partial charge on any atom is -0.294 e. The molecule has 1 heteroatoms. The summed E-state index contributed by atoms with van der Waals surface area (Å²) in [5.41, 5.74) is 8.47. The van der Waals surface area contributed by atoms with Crippen LogP contribution >= 0.6 is 0 Å². The van der Waals surface area contributed by atoms with Crippen LogP contribution in [-0.2, 0) is 12.8 Å². The molecule has 0 aromatic heterocycles. The van der Waals surface area contributed by atoms with Crippen LogP contribution in [0.2, 0.25) is 0 Å². The summed E-state index contributed by atoms with van der Waals surface area (Å²) in [6.45, 7) is 19.8. The van der Waals surface area contributed by atoms with Gasteiger partial charge in [-0.05, 0) is 86.0 Å². The van der Waals surface area contributed by atoms with E-state index in [9.17, 15) is 4.79 Å². The minimum absolute atomic E-state index is 0.242. The summed E-state index contributed by atoms with van der Waals surface area (Å²) in [7, 11) is 0. The van der Waals surface area contributed by atoms with Crippen LogP contribution in [0, 0.1) is 30.6 Å². The monoisotopic (exact) mass is 454 g/mol. The Labute approximate surface area is 207 Å². The number of hydrogen-bond donors (Lipinski definition) is 0. The summed E-state index contributed by atoms with van der Waals surface area (Å²) < 4.78 is 0. The number of aryl methyl sites for hydroxylation is 2. The van der Waals surface area contributed by atoms with Crippen LogP contribution in [0.1, 0.15) is 74.0 Å². The quantitative estimate of drug-likeness (QED) is 0.259. The summed E-state index contributed by atoms with van der Waals surface area (Å²) in [6.07, 6.45) is 6.97. The molecule has 2 aromatic carbocycles. The molecule has 0 aliphatic heterocycles. The highest BCUT2D eigenvalue weighted by molar-refractivity contribution is 5.96. The first-order valence-corrected chi connectivity index (χ1v) is 12.9. The van der Waals surface area contributed by atoms with Gasteiger partial charge in [0.25, 0.3) is 0 Å². The molecule has 0 N–H and O–H groups in total. The fourth-order valence-electron chi connectivity index (χ4n) is 5.14. The number of rotatable bonds is 10. The molecule has 0 amide bonds. The number of carbonyl (C=O) groups is 1. The van der Waals surface area contributed by atoms with Gasteiger partial charge < -0.3 is 0 Å². The first-order chi connectivity index (χ1) is 16.2. The Morgan fingerprint density at radius 2 is 1.74 bits per heavy atom. The molecular weight excluding hydrogens is 412 g/mol. The number of benzene rings is 2. The Morgan fingerprint density at radius 1 is 1.06 bits per heavy atom. The van der Waals surface area contributed by atoms with Crippen LogP contribution in [0.25, 0.3) is 0 Å². The highest BCUT2D eigenvalue weighted by Crippen LogP contribution is 2.40. The number of allylic oxidation sites excluding steroid dienone is 4. The molecule has 0 bridgehead atoms. The van der Waals surface area contributed by atoms with Gasteiger partial charge >= 0.3 is 0 Å². The lowest BCUT2D eigenvalue weighted by Crippen LogP contribution is -2.26. The van der Waals surface area contributed by atoms with E-state index in [0.717, 1.165) is 36.8 Å². The van der Waals surface area contributed by atoms with Crippen molar-refractivity contribution in [3.05, 3.63) is 107 Å². The topological polar surface area (TPSA) is 17.1 Å². The smallest absolute Gasteiger partial charge is 0.163 e. The first kappa shape index (κ1) is 25.9. The van der Waals surface area contributed by atoms with E-state index in [2.05, 4.69) is 71.2 Å². The molecule has 4 atom stereocenters. The van der Waals surface area contributed by atoms with Gasteiger partial charge in [-0.2, -0.15) is 0 Å². The Balaban J connectivity index is 1.72. The zero-order valence-corrected chi connectivity index (χ0v) is 21.9. The van der Waals surface area contributed by atoms with Gasteiger partial charge in [-0.25, -0.2) is 0 Å². The third kappa shape index (κ3) is 6.69. The molecule has 1 aliphatic carbocycles. The second-order valence-corrected chi connectivity index (χ2v) is 10.6. The van der Waals surface area contributed by atoms with Gasteiger partial charge in [-0.15, -0.1) is 0 Å². The highest BCUT2D eigenvalue weighted by Gasteiger charge is 2.30. The fraction of sp³-hybridized carbons (Fsp3) is 0.424. The number of carbonyl (C=O) groups excluding carboxylic acids is 1. The second-order valence-electron chi connectivity index (χ2n) is 10.6. The third-order valence-corrected chi connectivity index (χ3v) is 7.85. The molecule has 1 aliphatic rings. The summed E-state index contributed by atoms with van der Waals surface area (Å²) in [4.78, 5) is 13.0. The molecule has 180 valence electrons. The predicted octanol–water partition coefficient (Wildman–Crippen LogP) is 8.73. The van der Waals surface area contributed by atoms with E-state index in [1.54, 1.807) is 0 Å². The largest absolute Gasteiger partial charge is 0.294 e. The van der Waals surface area contributed by atoms with Crippen molar-refractivity contribution in [3.63, 3.8) is 0 Å². The first-order valence-electron chi connectivity index (χ1n) is 12.9. The van der Waals surface area contributed by atoms with E-state index in [4.69, 9.17) is 0 Å². The lowest BCUT2D eigenvalue weighted by atomic mass is 9.70. The SMILES string of the molecule is C=C(C[C@@H](Cc1ccc(CC)cc1)C(=C)C)C1=CC(CC(=O)c2cccc(C)c2)[C@@H](C)[C@H](C)C1. The molecular formula is C33H42O. The molecule has 0 saturated carbocycles. The number of ketones is 1. The molecule has 0 fully saturated rings. The summed E-state index contributed by atoms with van der Waals surface area (Å²) in [5, 5.41) is 0. The van der Waals surface area contributed by atoms with Crippen LogP contribution in [0.15, 0.2) is 84.5 Å². The number of Topliss-reactive ketones (excluding diaryl/α,β-unsaturated/α-hetero) is 1. The van der Waals surface area contributed by atoms with Crippen molar-refractivity contribution >= 4 is 5.78 Å². The zero-order valence-electron chi connectivity index (χ0n) is 21.9. The van der Waals surface area contributed by atoms with E-state index in [1.165, 1.54) is 27.8 Å². The highest BCUT2D eigenvalue weighted by atomic mass is 16.1. The summed E-state index contributed by atoms with van der Waals surface area (Å²) in [6, 6.07) is 17.0. The molecule has 0 radical (unpaired) electrons. The van der Waals surface area contributed by atoms with Crippen molar-refractivity contribution in [2.45, 2.75) is 66.7 Å². The third-order valence-electron chi connectivity index (χ3n) is 7.85. The lowest BCUT2D eigenvalue weighted by molar-refractivity contribution is 0.0947. The van der Waals surface area contributed by atoms with Crippen LogP contribution in [0.3, 0.4) is 0 Å². The predicted molar refractivity (Wildman–Crippen MR) is 146 cm³/mol. The van der Waals surface area contributed by atoms with Gasteiger partial charge in [-0.1, -0.05) is 99.2 Å². The number of hydrogen-bond acceptors (Lipinski definition) is 1. The average molecular weight is 455 g/mol. The van der Waals surface area contributed by atoms with Crippen molar-refractivity contribution in [1.82, 2.24) is 0 Å². The second kappa shape index (κ2) is 11.6. The fourth-order valence-corrected chi connectivity index (χ4v) is 5.14. The van der Waals surface area contributed by atoms with Crippen LogP contribution in [-0.4, -0.2) is 5.78 Å².